The van der Waals surface area contributed by atoms with Gasteiger partial charge >= 0.3 is 12.0 Å². The molecule has 1 aliphatic rings. The molecule has 1 aromatic rings. The first-order chi connectivity index (χ1) is 8.47. The molecule has 2 amide bonds. The van der Waals surface area contributed by atoms with Crippen molar-refractivity contribution in [2.24, 2.45) is 5.92 Å². The topological polar surface area (TPSA) is 69.6 Å². The van der Waals surface area contributed by atoms with E-state index >= 15 is 0 Å². The predicted octanol–water partition coefficient (Wildman–Crippen LogP) is 2.76. The Bertz CT molecular complexity index is 501. The molecule has 0 bridgehead atoms. The molecule has 0 aliphatic carbocycles. The van der Waals surface area contributed by atoms with Crippen molar-refractivity contribution in [3.8, 4) is 0 Å². The Balaban J connectivity index is 1.94. The summed E-state index contributed by atoms with van der Waals surface area (Å²) in [6, 6.07) is 5.12. The molecule has 0 radical (unpaired) electrons. The average Bonchev–Trinajstić information content (AvgIpc) is 2.19. The number of aliphatic carboxylic acids is 1. The van der Waals surface area contributed by atoms with Gasteiger partial charge in [0.1, 0.15) is 0 Å². The standard InChI is InChI=1S/C11H10Br2N2O3/c12-7-1-2-9(8(13)3-7)14-11(18)15-4-6(5-15)10(16)17/h1-3,6H,4-5H2,(H,14,18)(H,16,17). The number of urea groups is 1. The minimum absolute atomic E-state index is 0.259. The van der Waals surface area contributed by atoms with Gasteiger partial charge in [0, 0.05) is 22.0 Å². The lowest BCUT2D eigenvalue weighted by Gasteiger charge is -2.36. The number of anilines is 1. The summed E-state index contributed by atoms with van der Waals surface area (Å²) in [4.78, 5) is 23.9. The number of nitrogens with zero attached hydrogens (tertiary/aromatic N) is 1. The van der Waals surface area contributed by atoms with E-state index in [9.17, 15) is 9.59 Å². The molecule has 1 heterocycles. The van der Waals surface area contributed by atoms with E-state index in [1.165, 1.54) is 4.90 Å². The van der Waals surface area contributed by atoms with Crippen LogP contribution in [0, 0.1) is 5.92 Å². The van der Waals surface area contributed by atoms with E-state index in [2.05, 4.69) is 37.2 Å². The summed E-state index contributed by atoms with van der Waals surface area (Å²) in [6.07, 6.45) is 0. The first-order valence-electron chi connectivity index (χ1n) is 5.21. The zero-order valence-corrected chi connectivity index (χ0v) is 12.4. The van der Waals surface area contributed by atoms with Crippen LogP contribution in [0.5, 0.6) is 0 Å². The Hall–Kier alpha value is -1.08. The number of nitrogens with one attached hydrogen (secondary N) is 1. The molecule has 1 fully saturated rings. The van der Waals surface area contributed by atoms with Crippen LogP contribution in [-0.4, -0.2) is 35.1 Å². The number of amides is 2. The fraction of sp³-hybridized carbons (Fsp3) is 0.273. The Labute approximate surface area is 120 Å². The highest BCUT2D eigenvalue weighted by molar-refractivity contribution is 9.11. The van der Waals surface area contributed by atoms with E-state index in [0.717, 1.165) is 8.95 Å². The second-order valence-electron chi connectivity index (χ2n) is 3.99. The Morgan fingerprint density at radius 3 is 2.56 bits per heavy atom. The van der Waals surface area contributed by atoms with E-state index in [-0.39, 0.29) is 19.1 Å². The van der Waals surface area contributed by atoms with Gasteiger partial charge in [0.15, 0.2) is 0 Å². The van der Waals surface area contributed by atoms with Crippen LogP contribution in [0.15, 0.2) is 27.1 Å². The lowest BCUT2D eigenvalue weighted by atomic mass is 10.0. The molecular weight excluding hydrogens is 368 g/mol. The van der Waals surface area contributed by atoms with Crippen LogP contribution in [0.4, 0.5) is 10.5 Å². The maximum Gasteiger partial charge on any atom is 0.321 e. The number of hydrogen-bond donors (Lipinski definition) is 2. The Morgan fingerprint density at radius 2 is 2.00 bits per heavy atom. The summed E-state index contributed by atoms with van der Waals surface area (Å²) in [5.41, 5.74) is 0.655. The van der Waals surface area contributed by atoms with Crippen molar-refractivity contribution in [1.82, 2.24) is 4.90 Å². The molecule has 0 aromatic heterocycles. The molecule has 0 spiro atoms. The van der Waals surface area contributed by atoms with Gasteiger partial charge in [0.2, 0.25) is 0 Å². The molecule has 5 nitrogen and oxygen atoms in total. The fourth-order valence-corrected chi connectivity index (χ4v) is 2.73. The number of carboxylic acid groups (broad SMARTS) is 1. The second-order valence-corrected chi connectivity index (χ2v) is 5.76. The first-order valence-corrected chi connectivity index (χ1v) is 6.80. The number of likely N-dealkylation sites (tertiary alicyclic amines) is 1. The third-order valence-electron chi connectivity index (χ3n) is 2.69. The predicted molar refractivity (Wildman–Crippen MR) is 73.6 cm³/mol. The molecule has 2 rings (SSSR count). The number of carbonyl (C=O) groups excluding carboxylic acids is 1. The van der Waals surface area contributed by atoms with E-state index < -0.39 is 11.9 Å². The Kier molecular flexibility index (Phi) is 3.91. The lowest BCUT2D eigenvalue weighted by Crippen LogP contribution is -2.54. The third kappa shape index (κ3) is 2.84. The fourth-order valence-electron chi connectivity index (χ4n) is 1.59. The van der Waals surface area contributed by atoms with Crippen molar-refractivity contribution >= 4 is 49.5 Å². The summed E-state index contributed by atoms with van der Waals surface area (Å²) >= 11 is 6.66. The number of carbonyl (C=O) groups is 2. The number of rotatable bonds is 2. The van der Waals surface area contributed by atoms with Crippen molar-refractivity contribution in [2.45, 2.75) is 0 Å². The highest BCUT2D eigenvalue weighted by Crippen LogP contribution is 2.27. The summed E-state index contributed by atoms with van der Waals surface area (Å²) in [5.74, 6) is -1.30. The average molecular weight is 378 g/mol. The molecule has 1 saturated heterocycles. The van der Waals surface area contributed by atoms with Crippen LogP contribution in [0.3, 0.4) is 0 Å². The molecule has 1 aliphatic heterocycles. The van der Waals surface area contributed by atoms with E-state index in [0.29, 0.717) is 5.69 Å². The smallest absolute Gasteiger partial charge is 0.321 e. The molecular formula is C11H10Br2N2O3. The highest BCUT2D eigenvalue weighted by Gasteiger charge is 2.35. The minimum atomic E-state index is -0.858. The largest absolute Gasteiger partial charge is 0.481 e. The summed E-state index contributed by atoms with van der Waals surface area (Å²) < 4.78 is 1.67. The number of benzene rings is 1. The van der Waals surface area contributed by atoms with Crippen LogP contribution in [0.2, 0.25) is 0 Å². The van der Waals surface area contributed by atoms with Gasteiger partial charge in [-0.1, -0.05) is 15.9 Å². The normalized spacial score (nSPS) is 15.1. The van der Waals surface area contributed by atoms with Gasteiger partial charge < -0.3 is 15.3 Å². The minimum Gasteiger partial charge on any atom is -0.481 e. The van der Waals surface area contributed by atoms with Crippen molar-refractivity contribution in [3.05, 3.63) is 27.1 Å². The van der Waals surface area contributed by atoms with E-state index in [1.54, 1.807) is 6.07 Å². The van der Waals surface area contributed by atoms with Crippen molar-refractivity contribution in [1.29, 1.82) is 0 Å². The molecule has 1 aromatic carbocycles. The molecule has 0 saturated carbocycles. The van der Waals surface area contributed by atoms with Gasteiger partial charge in [-0.25, -0.2) is 4.79 Å². The summed E-state index contributed by atoms with van der Waals surface area (Å²) in [6.45, 7) is 0.518. The SMILES string of the molecule is O=C(O)C1CN(C(=O)Nc2ccc(Br)cc2Br)C1. The van der Waals surface area contributed by atoms with Crippen molar-refractivity contribution in [2.75, 3.05) is 18.4 Å². The van der Waals surface area contributed by atoms with Gasteiger partial charge in [-0.15, -0.1) is 0 Å². The molecule has 18 heavy (non-hydrogen) atoms. The van der Waals surface area contributed by atoms with Crippen molar-refractivity contribution in [3.63, 3.8) is 0 Å². The number of halogens is 2. The molecule has 2 N–H and O–H groups in total. The van der Waals surface area contributed by atoms with Crippen LogP contribution in [0.1, 0.15) is 0 Å². The first kappa shape index (κ1) is 13.4. The Morgan fingerprint density at radius 1 is 1.33 bits per heavy atom. The maximum absolute atomic E-state index is 11.8. The third-order valence-corrected chi connectivity index (χ3v) is 3.84. The molecule has 0 unspecified atom stereocenters. The summed E-state index contributed by atoms with van der Waals surface area (Å²) in [5, 5.41) is 11.5. The van der Waals surface area contributed by atoms with Crippen LogP contribution >= 0.6 is 31.9 Å². The van der Waals surface area contributed by atoms with Crippen molar-refractivity contribution < 1.29 is 14.7 Å². The van der Waals surface area contributed by atoms with Gasteiger partial charge in [0.05, 0.1) is 11.6 Å². The molecule has 0 atom stereocenters. The van der Waals surface area contributed by atoms with Crippen LogP contribution < -0.4 is 5.32 Å². The lowest BCUT2D eigenvalue weighted by molar-refractivity contribution is -0.145. The zero-order chi connectivity index (χ0) is 13.3. The molecule has 7 heteroatoms. The maximum atomic E-state index is 11.8. The molecule has 96 valence electrons. The summed E-state index contributed by atoms with van der Waals surface area (Å²) in [7, 11) is 0. The number of hydrogen-bond acceptors (Lipinski definition) is 2. The van der Waals surface area contributed by atoms with E-state index in [1.807, 2.05) is 12.1 Å². The quantitative estimate of drug-likeness (QED) is 0.832. The highest BCUT2D eigenvalue weighted by atomic mass is 79.9. The number of carboxylic acids is 1. The van der Waals surface area contributed by atoms with E-state index in [4.69, 9.17) is 5.11 Å². The monoisotopic (exact) mass is 376 g/mol. The van der Waals surface area contributed by atoms with Crippen LogP contribution in [0.25, 0.3) is 0 Å². The van der Waals surface area contributed by atoms with Crippen LogP contribution in [-0.2, 0) is 4.79 Å². The van der Waals surface area contributed by atoms with Gasteiger partial charge in [-0.2, -0.15) is 0 Å². The van der Waals surface area contributed by atoms with Gasteiger partial charge in [-0.05, 0) is 34.1 Å². The zero-order valence-electron chi connectivity index (χ0n) is 9.19. The second kappa shape index (κ2) is 5.27. The van der Waals surface area contributed by atoms with Gasteiger partial charge in [-0.3, -0.25) is 4.79 Å². The van der Waals surface area contributed by atoms with Gasteiger partial charge in [0.25, 0.3) is 0 Å².